The zero-order chi connectivity index (χ0) is 14.7. The molecule has 0 aliphatic rings. The van der Waals surface area contributed by atoms with Gasteiger partial charge in [0.25, 0.3) is 0 Å². The van der Waals surface area contributed by atoms with Crippen molar-refractivity contribution in [2.24, 2.45) is 5.84 Å². The molecule has 4 nitrogen and oxygen atoms in total. The Hall–Kier alpha value is -2.50. The van der Waals surface area contributed by atoms with Crippen molar-refractivity contribution in [1.82, 2.24) is 15.2 Å². The molecule has 0 radical (unpaired) electrons. The van der Waals surface area contributed by atoms with E-state index in [0.29, 0.717) is 5.56 Å². The monoisotopic (exact) mass is 282 g/mol. The van der Waals surface area contributed by atoms with Gasteiger partial charge in [-0.2, -0.15) is 5.10 Å². The second kappa shape index (κ2) is 5.87. The fourth-order valence-electron chi connectivity index (χ4n) is 2.28. The number of hydrogen-bond donors (Lipinski definition) is 2. The van der Waals surface area contributed by atoms with Crippen LogP contribution in [0.25, 0.3) is 5.69 Å². The Bertz CT molecular complexity index is 724. The first-order valence-electron chi connectivity index (χ1n) is 6.60. The van der Waals surface area contributed by atoms with E-state index in [-0.39, 0.29) is 5.82 Å². The molecule has 0 spiro atoms. The van der Waals surface area contributed by atoms with Crippen LogP contribution in [0.2, 0.25) is 0 Å². The number of para-hydroxylation sites is 1. The second-order valence-electron chi connectivity index (χ2n) is 4.67. The summed E-state index contributed by atoms with van der Waals surface area (Å²) in [6.07, 6.45) is 3.52. The summed E-state index contributed by atoms with van der Waals surface area (Å²) in [5.41, 5.74) is 4.88. The molecule has 5 heteroatoms. The van der Waals surface area contributed by atoms with Crippen LogP contribution in [-0.2, 0) is 0 Å². The third-order valence-electron chi connectivity index (χ3n) is 3.34. The number of nitrogens with one attached hydrogen (secondary N) is 1. The van der Waals surface area contributed by atoms with Gasteiger partial charge in [-0.1, -0.05) is 36.4 Å². The second-order valence-corrected chi connectivity index (χ2v) is 4.67. The van der Waals surface area contributed by atoms with E-state index in [1.54, 1.807) is 29.1 Å². The molecule has 21 heavy (non-hydrogen) atoms. The van der Waals surface area contributed by atoms with Gasteiger partial charge in [0.05, 0.1) is 17.9 Å². The number of hydrogen-bond acceptors (Lipinski definition) is 3. The Labute approximate surface area is 122 Å². The number of rotatable bonds is 4. The standard InChI is InChI=1S/C16H15FN4/c17-15-9-5-4-8-14(15)16(20-18)12-10-19-21(11-12)13-6-2-1-3-7-13/h1-11,16,20H,18H2. The highest BCUT2D eigenvalue weighted by molar-refractivity contribution is 5.34. The number of hydrazine groups is 1. The van der Waals surface area contributed by atoms with Gasteiger partial charge in [-0.15, -0.1) is 0 Å². The third-order valence-corrected chi connectivity index (χ3v) is 3.34. The van der Waals surface area contributed by atoms with Crippen LogP contribution in [0.4, 0.5) is 4.39 Å². The zero-order valence-corrected chi connectivity index (χ0v) is 11.3. The van der Waals surface area contributed by atoms with E-state index in [1.165, 1.54) is 6.07 Å². The van der Waals surface area contributed by atoms with Crippen LogP contribution in [0.1, 0.15) is 17.2 Å². The molecular weight excluding hydrogens is 267 g/mol. The fraction of sp³-hybridized carbons (Fsp3) is 0.0625. The van der Waals surface area contributed by atoms with Crippen LogP contribution in [0.15, 0.2) is 67.0 Å². The lowest BCUT2D eigenvalue weighted by molar-refractivity contribution is 0.560. The van der Waals surface area contributed by atoms with Crippen LogP contribution >= 0.6 is 0 Å². The summed E-state index contributed by atoms with van der Waals surface area (Å²) in [7, 11) is 0. The van der Waals surface area contributed by atoms with Gasteiger partial charge >= 0.3 is 0 Å². The van der Waals surface area contributed by atoms with E-state index in [4.69, 9.17) is 5.84 Å². The molecule has 1 atom stereocenters. The minimum atomic E-state index is -0.441. The molecule has 1 heterocycles. The van der Waals surface area contributed by atoms with Crippen molar-refractivity contribution < 1.29 is 4.39 Å². The Kier molecular flexibility index (Phi) is 3.77. The maximum absolute atomic E-state index is 13.9. The van der Waals surface area contributed by atoms with E-state index in [1.807, 2.05) is 36.5 Å². The third kappa shape index (κ3) is 2.69. The number of aromatic nitrogens is 2. The first kappa shape index (κ1) is 13.5. The van der Waals surface area contributed by atoms with Crippen LogP contribution in [-0.4, -0.2) is 9.78 Å². The van der Waals surface area contributed by atoms with Crippen LogP contribution in [0.3, 0.4) is 0 Å². The van der Waals surface area contributed by atoms with Gasteiger partial charge in [-0.3, -0.25) is 5.84 Å². The Morgan fingerprint density at radius 1 is 1.05 bits per heavy atom. The summed E-state index contributed by atoms with van der Waals surface area (Å²) in [5, 5.41) is 4.31. The quantitative estimate of drug-likeness (QED) is 0.571. The normalized spacial score (nSPS) is 12.3. The van der Waals surface area contributed by atoms with E-state index in [9.17, 15) is 4.39 Å². The van der Waals surface area contributed by atoms with E-state index in [2.05, 4.69) is 10.5 Å². The topological polar surface area (TPSA) is 55.9 Å². The van der Waals surface area contributed by atoms with Crippen molar-refractivity contribution in [2.75, 3.05) is 0 Å². The van der Waals surface area contributed by atoms with Crippen LogP contribution < -0.4 is 11.3 Å². The molecule has 0 saturated carbocycles. The molecule has 0 aliphatic carbocycles. The van der Waals surface area contributed by atoms with Crippen molar-refractivity contribution in [3.8, 4) is 5.69 Å². The summed E-state index contributed by atoms with van der Waals surface area (Å²) in [6.45, 7) is 0. The highest BCUT2D eigenvalue weighted by Gasteiger charge is 2.18. The summed E-state index contributed by atoms with van der Waals surface area (Å²) < 4.78 is 15.7. The molecule has 0 amide bonds. The van der Waals surface area contributed by atoms with Crippen molar-refractivity contribution in [2.45, 2.75) is 6.04 Å². The minimum absolute atomic E-state index is 0.298. The first-order chi connectivity index (χ1) is 10.3. The Balaban J connectivity index is 1.96. The maximum atomic E-state index is 13.9. The SMILES string of the molecule is NNC(c1cnn(-c2ccccc2)c1)c1ccccc1F. The highest BCUT2D eigenvalue weighted by Crippen LogP contribution is 2.24. The van der Waals surface area contributed by atoms with Gasteiger partial charge in [0.15, 0.2) is 0 Å². The summed E-state index contributed by atoms with van der Waals surface area (Å²) in [6, 6.07) is 15.8. The molecule has 1 aromatic heterocycles. The average molecular weight is 282 g/mol. The van der Waals surface area contributed by atoms with Crippen molar-refractivity contribution in [3.05, 3.63) is 83.9 Å². The van der Waals surface area contributed by atoms with E-state index in [0.717, 1.165) is 11.3 Å². The zero-order valence-electron chi connectivity index (χ0n) is 11.3. The van der Waals surface area contributed by atoms with Gasteiger partial charge < -0.3 is 0 Å². The van der Waals surface area contributed by atoms with E-state index >= 15 is 0 Å². The predicted octanol–water partition coefficient (Wildman–Crippen LogP) is 2.56. The Morgan fingerprint density at radius 2 is 1.76 bits per heavy atom. The predicted molar refractivity (Wildman–Crippen MR) is 79.1 cm³/mol. The van der Waals surface area contributed by atoms with Crippen molar-refractivity contribution >= 4 is 0 Å². The molecule has 3 N–H and O–H groups in total. The number of halogens is 1. The molecule has 0 fully saturated rings. The summed E-state index contributed by atoms with van der Waals surface area (Å²) in [4.78, 5) is 0. The average Bonchev–Trinajstić information content (AvgIpc) is 3.00. The van der Waals surface area contributed by atoms with Crippen molar-refractivity contribution in [1.29, 1.82) is 0 Å². The van der Waals surface area contributed by atoms with Gasteiger partial charge in [0.1, 0.15) is 5.82 Å². The van der Waals surface area contributed by atoms with Gasteiger partial charge in [0.2, 0.25) is 0 Å². The summed E-state index contributed by atoms with van der Waals surface area (Å²) >= 11 is 0. The summed E-state index contributed by atoms with van der Waals surface area (Å²) in [5.74, 6) is 5.30. The van der Waals surface area contributed by atoms with Crippen molar-refractivity contribution in [3.63, 3.8) is 0 Å². The number of nitrogens with zero attached hydrogens (tertiary/aromatic N) is 2. The lowest BCUT2D eigenvalue weighted by atomic mass is 10.0. The molecule has 3 rings (SSSR count). The van der Waals surface area contributed by atoms with Gasteiger partial charge in [0, 0.05) is 17.3 Å². The van der Waals surface area contributed by atoms with E-state index < -0.39 is 6.04 Å². The molecule has 3 aromatic rings. The number of nitrogens with two attached hydrogens (primary N) is 1. The largest absolute Gasteiger partial charge is 0.271 e. The van der Waals surface area contributed by atoms with Gasteiger partial charge in [-0.05, 0) is 18.2 Å². The van der Waals surface area contributed by atoms with Crippen LogP contribution in [0.5, 0.6) is 0 Å². The van der Waals surface area contributed by atoms with Crippen LogP contribution in [0, 0.1) is 5.82 Å². The number of benzene rings is 2. The molecule has 0 aliphatic heterocycles. The fourth-order valence-corrected chi connectivity index (χ4v) is 2.28. The maximum Gasteiger partial charge on any atom is 0.128 e. The molecule has 106 valence electrons. The molecular formula is C16H15FN4. The Morgan fingerprint density at radius 3 is 2.48 bits per heavy atom. The minimum Gasteiger partial charge on any atom is -0.271 e. The molecule has 0 saturated heterocycles. The lowest BCUT2D eigenvalue weighted by Gasteiger charge is -2.15. The highest BCUT2D eigenvalue weighted by atomic mass is 19.1. The first-order valence-corrected chi connectivity index (χ1v) is 6.60. The molecule has 2 aromatic carbocycles. The lowest BCUT2D eigenvalue weighted by Crippen LogP contribution is -2.29. The smallest absolute Gasteiger partial charge is 0.128 e. The van der Waals surface area contributed by atoms with Gasteiger partial charge in [-0.25, -0.2) is 14.5 Å². The molecule has 0 bridgehead atoms. The molecule has 1 unspecified atom stereocenters.